The van der Waals surface area contributed by atoms with Crippen LogP contribution in [0.1, 0.15) is 26.2 Å². The second-order valence-electron chi connectivity index (χ2n) is 3.88. The van der Waals surface area contributed by atoms with Crippen molar-refractivity contribution < 1.29 is 0 Å². The van der Waals surface area contributed by atoms with Crippen LogP contribution in [0.4, 0.5) is 0 Å². The highest BCUT2D eigenvalue weighted by atomic mass is 28.3. The fourth-order valence-electron chi connectivity index (χ4n) is 1.50. The quantitative estimate of drug-likeness (QED) is 0.563. The smallest absolute Gasteiger partial charge is 0.0905 e. The van der Waals surface area contributed by atoms with Gasteiger partial charge in [-0.15, -0.1) is 0 Å². The van der Waals surface area contributed by atoms with Gasteiger partial charge in [0.25, 0.3) is 0 Å². The van der Waals surface area contributed by atoms with E-state index in [0.29, 0.717) is 0 Å². The van der Waals surface area contributed by atoms with Crippen LogP contribution in [0.25, 0.3) is 0 Å². The van der Waals surface area contributed by atoms with Gasteiger partial charge in [-0.25, -0.2) is 0 Å². The van der Waals surface area contributed by atoms with Crippen molar-refractivity contribution >= 4 is 8.07 Å². The van der Waals surface area contributed by atoms with Gasteiger partial charge in [-0.1, -0.05) is 55.9 Å². The van der Waals surface area contributed by atoms with Gasteiger partial charge < -0.3 is 0 Å². The van der Waals surface area contributed by atoms with Crippen molar-refractivity contribution in [3.63, 3.8) is 0 Å². The highest BCUT2D eigenvalue weighted by molar-refractivity contribution is 6.89. The molecule has 0 aromatic rings. The predicted octanol–water partition coefficient (Wildman–Crippen LogP) is 3.46. The molecule has 1 heteroatoms. The molecular weight excluding hydrogens is 148 g/mol. The van der Waals surface area contributed by atoms with Crippen molar-refractivity contribution in [3.8, 4) is 0 Å². The zero-order valence-corrected chi connectivity index (χ0v) is 8.85. The van der Waals surface area contributed by atoms with Crippen LogP contribution in [0.5, 0.6) is 0 Å². The topological polar surface area (TPSA) is 0 Å². The van der Waals surface area contributed by atoms with E-state index in [2.05, 4.69) is 37.9 Å². The van der Waals surface area contributed by atoms with Crippen molar-refractivity contribution in [1.82, 2.24) is 0 Å². The Morgan fingerprint density at radius 3 is 2.55 bits per heavy atom. The van der Waals surface area contributed by atoms with Crippen LogP contribution in [-0.4, -0.2) is 8.07 Å². The van der Waals surface area contributed by atoms with Crippen molar-refractivity contribution in [3.05, 3.63) is 23.0 Å². The minimum absolute atomic E-state index is 1.03. The summed E-state index contributed by atoms with van der Waals surface area (Å²) in [7, 11) is -1.03. The van der Waals surface area contributed by atoms with Gasteiger partial charge in [0.2, 0.25) is 0 Å². The molecule has 0 saturated carbocycles. The number of allylic oxidation sites excluding steroid dienone is 3. The van der Waals surface area contributed by atoms with Gasteiger partial charge in [0.05, 0.1) is 8.07 Å². The Bertz CT molecular complexity index is 187. The number of rotatable bonds is 3. The van der Waals surface area contributed by atoms with Gasteiger partial charge in [-0.2, -0.15) is 0 Å². The first-order valence-corrected chi connectivity index (χ1v) is 7.63. The molecule has 0 fully saturated rings. The molecule has 0 atom stereocenters. The van der Waals surface area contributed by atoms with Gasteiger partial charge in [0.1, 0.15) is 0 Å². The zero-order chi connectivity index (χ0) is 8.32. The lowest BCUT2D eigenvalue weighted by molar-refractivity contribution is 0.804. The van der Waals surface area contributed by atoms with Crippen molar-refractivity contribution in [2.75, 3.05) is 0 Å². The summed E-state index contributed by atoms with van der Waals surface area (Å²) >= 11 is 0. The van der Waals surface area contributed by atoms with E-state index >= 15 is 0 Å². The van der Waals surface area contributed by atoms with E-state index < -0.39 is 8.07 Å². The van der Waals surface area contributed by atoms with Gasteiger partial charge >= 0.3 is 0 Å². The van der Waals surface area contributed by atoms with Gasteiger partial charge in [0.15, 0.2) is 0 Å². The summed E-state index contributed by atoms with van der Waals surface area (Å²) in [5.74, 6) is 0. The number of hydrogen-bond donors (Lipinski definition) is 0. The monoisotopic (exact) mass is 166 g/mol. The van der Waals surface area contributed by atoms with E-state index in [0.717, 1.165) is 0 Å². The molecule has 0 aliphatic carbocycles. The molecule has 0 spiro atoms. The molecule has 0 amide bonds. The highest BCUT2D eigenvalue weighted by Crippen LogP contribution is 2.26. The standard InChI is InChI=1S/C10H18Si/c1-4-5-7-10-8-6-9-11(10,2)3/h6,8-9H,4-5,7H2,1-3H3. The summed E-state index contributed by atoms with van der Waals surface area (Å²) < 4.78 is 0. The second-order valence-corrected chi connectivity index (χ2v) is 8.30. The maximum absolute atomic E-state index is 2.43. The van der Waals surface area contributed by atoms with Crippen LogP contribution in [-0.2, 0) is 0 Å². The average molecular weight is 166 g/mol. The number of hydrogen-bond acceptors (Lipinski definition) is 0. The maximum Gasteiger partial charge on any atom is 0.0990 e. The van der Waals surface area contributed by atoms with Crippen molar-refractivity contribution in [2.24, 2.45) is 0 Å². The van der Waals surface area contributed by atoms with E-state index in [-0.39, 0.29) is 0 Å². The van der Waals surface area contributed by atoms with Gasteiger partial charge in [-0.05, 0) is 6.42 Å². The lowest BCUT2D eigenvalue weighted by Gasteiger charge is -2.17. The Balaban J connectivity index is 2.48. The van der Waals surface area contributed by atoms with E-state index in [1.165, 1.54) is 19.3 Å². The summed E-state index contributed by atoms with van der Waals surface area (Å²) in [6, 6.07) is 0. The minimum atomic E-state index is -1.03. The Morgan fingerprint density at radius 1 is 1.36 bits per heavy atom. The summed E-state index contributed by atoms with van der Waals surface area (Å²) in [5.41, 5.74) is 2.43. The van der Waals surface area contributed by atoms with E-state index in [4.69, 9.17) is 0 Å². The van der Waals surface area contributed by atoms with E-state index in [1.54, 1.807) is 5.20 Å². The molecule has 0 aromatic heterocycles. The molecule has 0 unspecified atom stereocenters. The molecule has 1 heterocycles. The first kappa shape index (κ1) is 8.79. The summed E-state index contributed by atoms with van der Waals surface area (Å²) in [6.07, 6.45) is 8.60. The van der Waals surface area contributed by atoms with Gasteiger partial charge in [0, 0.05) is 0 Å². The molecular formula is C10H18Si. The van der Waals surface area contributed by atoms with Crippen LogP contribution in [0.2, 0.25) is 13.1 Å². The summed E-state index contributed by atoms with van der Waals surface area (Å²) in [6.45, 7) is 7.12. The van der Waals surface area contributed by atoms with E-state index in [1.807, 2.05) is 0 Å². The first-order valence-electron chi connectivity index (χ1n) is 4.55. The Hall–Kier alpha value is -0.303. The third-order valence-electron chi connectivity index (χ3n) is 2.44. The van der Waals surface area contributed by atoms with Crippen molar-refractivity contribution in [2.45, 2.75) is 39.3 Å². The molecule has 0 aromatic carbocycles. The fraction of sp³-hybridized carbons (Fsp3) is 0.600. The van der Waals surface area contributed by atoms with Crippen LogP contribution >= 0.6 is 0 Å². The SMILES string of the molecule is CCCCC1=CC=C[Si]1(C)C. The van der Waals surface area contributed by atoms with Crippen LogP contribution < -0.4 is 0 Å². The Morgan fingerprint density at radius 2 is 2.09 bits per heavy atom. The van der Waals surface area contributed by atoms with E-state index in [9.17, 15) is 0 Å². The predicted molar refractivity (Wildman–Crippen MR) is 54.2 cm³/mol. The lowest BCUT2D eigenvalue weighted by atomic mass is 10.2. The Kier molecular flexibility index (Phi) is 2.71. The molecule has 0 bridgehead atoms. The molecule has 0 N–H and O–H groups in total. The molecule has 1 aliphatic rings. The lowest BCUT2D eigenvalue weighted by Crippen LogP contribution is -2.23. The molecule has 0 radical (unpaired) electrons. The molecule has 0 nitrogen and oxygen atoms in total. The summed E-state index contributed by atoms with van der Waals surface area (Å²) in [5, 5.41) is 1.74. The molecule has 11 heavy (non-hydrogen) atoms. The average Bonchev–Trinajstić information content (AvgIpc) is 2.25. The maximum atomic E-state index is 2.43. The largest absolute Gasteiger partial charge is 0.0990 e. The first-order chi connectivity index (χ1) is 5.17. The molecule has 1 rings (SSSR count). The molecule has 62 valence electrons. The summed E-state index contributed by atoms with van der Waals surface area (Å²) in [4.78, 5) is 0. The molecule has 0 saturated heterocycles. The third-order valence-corrected chi connectivity index (χ3v) is 5.54. The normalized spacial score (nSPS) is 20.5. The van der Waals surface area contributed by atoms with Crippen LogP contribution in [0, 0.1) is 0 Å². The highest BCUT2D eigenvalue weighted by Gasteiger charge is 2.24. The van der Waals surface area contributed by atoms with Crippen LogP contribution in [0.15, 0.2) is 23.0 Å². The van der Waals surface area contributed by atoms with Gasteiger partial charge in [-0.3, -0.25) is 0 Å². The minimum Gasteiger partial charge on any atom is -0.0905 e. The fourth-order valence-corrected chi connectivity index (χ4v) is 3.64. The Labute approximate surface area is 71.0 Å². The number of unbranched alkanes of at least 4 members (excludes halogenated alkanes) is 1. The zero-order valence-electron chi connectivity index (χ0n) is 7.85. The third kappa shape index (κ3) is 2.06. The second kappa shape index (κ2) is 3.40. The van der Waals surface area contributed by atoms with Crippen LogP contribution in [0.3, 0.4) is 0 Å². The molecule has 1 aliphatic heterocycles. The van der Waals surface area contributed by atoms with Crippen molar-refractivity contribution in [1.29, 1.82) is 0 Å².